The van der Waals surface area contributed by atoms with Gasteiger partial charge in [-0.2, -0.15) is 0 Å². The number of aliphatic hydroxyl groups is 1. The lowest BCUT2D eigenvalue weighted by atomic mass is 9.48. The highest BCUT2D eigenvalue weighted by Gasteiger charge is 2.73. The fourth-order valence-corrected chi connectivity index (χ4v) is 7.83. The number of nitrogens with zero attached hydrogens (tertiary/aromatic N) is 3. The average Bonchev–Trinajstić information content (AvgIpc) is 3.21. The number of hydrogen-bond donors (Lipinski definition) is 2. The molecule has 1 saturated carbocycles. The van der Waals surface area contributed by atoms with Crippen LogP contribution in [0.5, 0.6) is 11.5 Å². The van der Waals surface area contributed by atoms with Gasteiger partial charge in [0.05, 0.1) is 28.0 Å². The van der Waals surface area contributed by atoms with Crippen LogP contribution in [0.3, 0.4) is 0 Å². The maximum atomic E-state index is 13.4. The zero-order valence-electron chi connectivity index (χ0n) is 21.4. The number of nitro benzene ring substituents is 1. The molecule has 9 nitrogen and oxygen atoms in total. The van der Waals surface area contributed by atoms with Gasteiger partial charge >= 0.3 is 0 Å². The van der Waals surface area contributed by atoms with Gasteiger partial charge in [-0.3, -0.25) is 14.9 Å². The highest BCUT2D eigenvalue weighted by Crippen LogP contribution is 2.66. The molecule has 37 heavy (non-hydrogen) atoms. The van der Waals surface area contributed by atoms with Gasteiger partial charge < -0.3 is 24.7 Å². The molecule has 2 N–H and O–H groups in total. The molecule has 2 aliphatic heterocycles. The third-order valence-electron chi connectivity index (χ3n) is 9.60. The van der Waals surface area contributed by atoms with Crippen molar-refractivity contribution < 1.29 is 24.7 Å². The molecule has 2 unspecified atom stereocenters. The molecule has 2 heterocycles. The molecule has 196 valence electrons. The van der Waals surface area contributed by atoms with E-state index >= 15 is 0 Å². The van der Waals surface area contributed by atoms with E-state index in [9.17, 15) is 25.1 Å². The number of hydrogen-bond acceptors (Lipinski definition) is 7. The van der Waals surface area contributed by atoms with Crippen LogP contribution in [-0.2, 0) is 23.1 Å². The van der Waals surface area contributed by atoms with Gasteiger partial charge in [0.1, 0.15) is 6.10 Å². The van der Waals surface area contributed by atoms with Crippen LogP contribution in [0.2, 0.25) is 0 Å². The first kappa shape index (κ1) is 24.2. The van der Waals surface area contributed by atoms with Gasteiger partial charge in [0.2, 0.25) is 5.91 Å². The maximum Gasteiger partial charge on any atom is 0.276 e. The average molecular weight is 508 g/mol. The molecule has 1 amide bonds. The molecule has 2 bridgehead atoms. The van der Waals surface area contributed by atoms with Crippen molar-refractivity contribution >= 4 is 11.6 Å². The Morgan fingerprint density at radius 1 is 1.32 bits per heavy atom. The SMILES string of the molecule is Cc1cccc(CCC(=O)N(C)C2CC[C@@]3(O)[C@H]4Cc5c([N+](=O)[O-])cc(O)c6c5[C@@]3(CCN4C)C2O6)c1. The minimum atomic E-state index is -1.17. The van der Waals surface area contributed by atoms with E-state index in [4.69, 9.17) is 4.74 Å². The number of rotatable bonds is 5. The van der Waals surface area contributed by atoms with Crippen LogP contribution in [0.25, 0.3) is 0 Å². The number of aryl methyl sites for hydroxylation is 2. The van der Waals surface area contributed by atoms with Crippen LogP contribution in [0.4, 0.5) is 5.69 Å². The minimum absolute atomic E-state index is 0.0105. The number of ether oxygens (including phenoxy) is 1. The Morgan fingerprint density at radius 3 is 2.84 bits per heavy atom. The number of carbonyl (C=O) groups is 1. The smallest absolute Gasteiger partial charge is 0.276 e. The largest absolute Gasteiger partial charge is 0.504 e. The van der Waals surface area contributed by atoms with E-state index in [1.165, 1.54) is 6.07 Å². The summed E-state index contributed by atoms with van der Waals surface area (Å²) in [5.74, 6) is -0.0516. The maximum absolute atomic E-state index is 13.4. The Kier molecular flexibility index (Phi) is 5.34. The summed E-state index contributed by atoms with van der Waals surface area (Å²) in [6.45, 7) is 2.72. The third-order valence-corrected chi connectivity index (χ3v) is 9.60. The molecule has 6 rings (SSSR count). The van der Waals surface area contributed by atoms with Gasteiger partial charge in [-0.05, 0) is 58.2 Å². The Labute approximate surface area is 215 Å². The highest BCUT2D eigenvalue weighted by atomic mass is 16.6. The second kappa shape index (κ2) is 8.16. The lowest BCUT2D eigenvalue weighted by Crippen LogP contribution is -2.77. The normalized spacial score (nSPS) is 31.4. The fraction of sp³-hybridized carbons (Fsp3) is 0.536. The van der Waals surface area contributed by atoms with Crippen molar-refractivity contribution in [3.8, 4) is 11.5 Å². The van der Waals surface area contributed by atoms with E-state index in [1.54, 1.807) is 11.9 Å². The summed E-state index contributed by atoms with van der Waals surface area (Å²) in [7, 11) is 3.74. The summed E-state index contributed by atoms with van der Waals surface area (Å²) >= 11 is 0. The monoisotopic (exact) mass is 507 g/mol. The number of amides is 1. The molecular formula is C28H33N3O6. The molecule has 2 fully saturated rings. The first-order valence-electron chi connectivity index (χ1n) is 13.0. The highest BCUT2D eigenvalue weighted by molar-refractivity contribution is 5.77. The third kappa shape index (κ3) is 3.19. The summed E-state index contributed by atoms with van der Waals surface area (Å²) in [6, 6.07) is 8.67. The van der Waals surface area contributed by atoms with Gasteiger partial charge in [0.15, 0.2) is 11.5 Å². The number of likely N-dealkylation sites (tertiary alicyclic amines) is 1. The summed E-state index contributed by atoms with van der Waals surface area (Å²) in [5.41, 5.74) is 1.15. The first-order chi connectivity index (χ1) is 17.6. The Morgan fingerprint density at radius 2 is 2.11 bits per heavy atom. The molecule has 9 heteroatoms. The van der Waals surface area contributed by atoms with Crippen molar-refractivity contribution in [2.24, 2.45) is 0 Å². The molecule has 2 aliphatic carbocycles. The topological polar surface area (TPSA) is 116 Å². The predicted molar refractivity (Wildman–Crippen MR) is 136 cm³/mol. The molecular weight excluding hydrogens is 474 g/mol. The van der Waals surface area contributed by atoms with E-state index in [1.807, 2.05) is 32.2 Å². The lowest BCUT2D eigenvalue weighted by molar-refractivity contribution is -0.386. The molecule has 1 saturated heterocycles. The zero-order chi connectivity index (χ0) is 26.3. The van der Waals surface area contributed by atoms with Crippen LogP contribution in [0, 0.1) is 17.0 Å². The molecule has 4 aliphatic rings. The summed E-state index contributed by atoms with van der Waals surface area (Å²) in [6.07, 6.45) is 2.22. The van der Waals surface area contributed by atoms with Crippen molar-refractivity contribution in [3.05, 3.63) is 62.7 Å². The van der Waals surface area contributed by atoms with Crippen molar-refractivity contribution in [3.63, 3.8) is 0 Å². The molecule has 1 spiro atoms. The van der Waals surface area contributed by atoms with E-state index in [2.05, 4.69) is 11.0 Å². The van der Waals surface area contributed by atoms with Crippen molar-refractivity contribution in [2.45, 2.75) is 74.7 Å². The summed E-state index contributed by atoms with van der Waals surface area (Å²) in [4.78, 5) is 28.8. The van der Waals surface area contributed by atoms with Crippen molar-refractivity contribution in [2.75, 3.05) is 20.6 Å². The fourth-order valence-electron chi connectivity index (χ4n) is 7.83. The Hall–Kier alpha value is -3.17. The second-order valence-corrected chi connectivity index (χ2v) is 11.3. The van der Waals surface area contributed by atoms with Gasteiger partial charge in [-0.1, -0.05) is 29.8 Å². The predicted octanol–water partition coefficient (Wildman–Crippen LogP) is 2.85. The van der Waals surface area contributed by atoms with Crippen LogP contribution in [0.1, 0.15) is 47.9 Å². The van der Waals surface area contributed by atoms with E-state index < -0.39 is 22.0 Å². The van der Waals surface area contributed by atoms with Crippen LogP contribution in [-0.4, -0.2) is 75.3 Å². The number of carbonyl (C=O) groups excluding carboxylic acids is 1. The van der Waals surface area contributed by atoms with Gasteiger partial charge in [-0.25, -0.2) is 0 Å². The van der Waals surface area contributed by atoms with Gasteiger partial charge in [0.25, 0.3) is 5.69 Å². The van der Waals surface area contributed by atoms with E-state index in [0.29, 0.717) is 56.2 Å². The Bertz CT molecular complexity index is 1310. The number of aromatic hydroxyl groups is 1. The summed E-state index contributed by atoms with van der Waals surface area (Å²) in [5, 5.41) is 35.2. The molecule has 0 radical (unpaired) electrons. The number of phenolic OH excluding ortho intramolecular Hbond substituents is 1. The van der Waals surface area contributed by atoms with Gasteiger partial charge in [-0.15, -0.1) is 0 Å². The minimum Gasteiger partial charge on any atom is -0.504 e. The van der Waals surface area contributed by atoms with E-state index in [0.717, 1.165) is 11.1 Å². The number of nitro groups is 1. The van der Waals surface area contributed by atoms with Crippen LogP contribution in [0.15, 0.2) is 30.3 Å². The number of piperidine rings is 1. The molecule has 5 atom stereocenters. The van der Waals surface area contributed by atoms with Crippen molar-refractivity contribution in [1.82, 2.24) is 9.80 Å². The van der Waals surface area contributed by atoms with E-state index in [-0.39, 0.29) is 35.2 Å². The quantitative estimate of drug-likeness (QED) is 0.472. The number of phenols is 1. The number of benzene rings is 2. The zero-order valence-corrected chi connectivity index (χ0v) is 21.4. The first-order valence-corrected chi connectivity index (χ1v) is 13.0. The van der Waals surface area contributed by atoms with Crippen LogP contribution >= 0.6 is 0 Å². The van der Waals surface area contributed by atoms with Gasteiger partial charge in [0, 0.05) is 30.6 Å². The second-order valence-electron chi connectivity index (χ2n) is 11.3. The molecule has 2 aromatic carbocycles. The molecule has 0 aromatic heterocycles. The standard InChI is InChI=1S/C28H33N3O6/c1-16-5-4-6-17(13-16)7-8-23(33)30(3)19-9-10-28(34)22-14-18-20(31(35)36)15-21(32)25-24(18)27(28,26(19)37-25)11-12-29(22)2/h4-6,13,15,19,22,26,32,34H,7-12,14H2,1-3H3/t19?,22-,26?,27+,28-/m1/s1. The van der Waals surface area contributed by atoms with Crippen molar-refractivity contribution in [1.29, 1.82) is 0 Å². The Balaban J connectivity index is 1.39. The number of likely N-dealkylation sites (N-methyl/N-ethyl adjacent to an activating group) is 2. The molecule has 2 aromatic rings. The van der Waals surface area contributed by atoms with Crippen LogP contribution < -0.4 is 4.74 Å². The lowest BCUT2D eigenvalue weighted by Gasteiger charge is -2.64. The summed E-state index contributed by atoms with van der Waals surface area (Å²) < 4.78 is 6.46.